The van der Waals surface area contributed by atoms with Crippen LogP contribution in [-0.2, 0) is 9.47 Å². The van der Waals surface area contributed by atoms with E-state index in [1.807, 2.05) is 29.0 Å². The van der Waals surface area contributed by atoms with Crippen molar-refractivity contribution in [3.63, 3.8) is 0 Å². The summed E-state index contributed by atoms with van der Waals surface area (Å²) in [5.41, 5.74) is 2.63. The Morgan fingerprint density at radius 3 is 2.92 bits per heavy atom. The molecule has 2 fully saturated rings. The number of rotatable bonds is 5. The quantitative estimate of drug-likeness (QED) is 0.381. The summed E-state index contributed by atoms with van der Waals surface area (Å²) in [4.78, 5) is 22.4. The Bertz CT molecular complexity index is 1440. The van der Waals surface area contributed by atoms with Crippen LogP contribution in [0.4, 0.5) is 10.2 Å². The fourth-order valence-corrected chi connectivity index (χ4v) is 4.91. The number of ether oxygens (including phenoxy) is 2. The average Bonchev–Trinajstić information content (AvgIpc) is 3.61. The highest BCUT2D eigenvalue weighted by Gasteiger charge is 2.31. The Morgan fingerprint density at radius 1 is 1.25 bits per heavy atom. The van der Waals surface area contributed by atoms with Gasteiger partial charge in [0.15, 0.2) is 5.65 Å². The molecule has 2 unspecified atom stereocenters. The molecule has 0 saturated carbocycles. The van der Waals surface area contributed by atoms with Gasteiger partial charge in [0.05, 0.1) is 49.9 Å². The van der Waals surface area contributed by atoms with E-state index in [0.717, 1.165) is 10.9 Å². The number of nitrogens with one attached hydrogen (secondary N) is 2. The van der Waals surface area contributed by atoms with Crippen LogP contribution in [0.25, 0.3) is 27.9 Å². The molecule has 0 aromatic carbocycles. The molecule has 4 aromatic heterocycles. The van der Waals surface area contributed by atoms with E-state index >= 15 is 0 Å². The van der Waals surface area contributed by atoms with E-state index in [9.17, 15) is 14.3 Å². The number of anilines is 1. The minimum absolute atomic E-state index is 0.0512. The van der Waals surface area contributed by atoms with Crippen molar-refractivity contribution in [3.8, 4) is 11.3 Å². The number of amides is 1. The molecule has 36 heavy (non-hydrogen) atoms. The Balaban J connectivity index is 1.46. The summed E-state index contributed by atoms with van der Waals surface area (Å²) in [5, 5.41) is 21.1. The van der Waals surface area contributed by atoms with Crippen molar-refractivity contribution < 1.29 is 23.8 Å². The van der Waals surface area contributed by atoms with Crippen molar-refractivity contribution in [2.24, 2.45) is 0 Å². The lowest BCUT2D eigenvalue weighted by molar-refractivity contribution is 0.00443. The van der Waals surface area contributed by atoms with Crippen LogP contribution in [0.5, 0.6) is 0 Å². The van der Waals surface area contributed by atoms with Crippen molar-refractivity contribution >= 4 is 28.4 Å². The van der Waals surface area contributed by atoms with Gasteiger partial charge in [-0.1, -0.05) is 0 Å². The molecular weight excluding hydrogens is 469 g/mol. The third kappa shape index (κ3) is 3.77. The average molecular weight is 496 g/mol. The minimum Gasteiger partial charge on any atom is -0.388 e. The smallest absolute Gasteiger partial charge is 0.257 e. The molecule has 188 valence electrons. The predicted octanol–water partition coefficient (Wildman–Crippen LogP) is 1.58. The molecule has 0 radical (unpaired) electrons. The maximum Gasteiger partial charge on any atom is 0.257 e. The number of aromatic nitrogens is 5. The summed E-state index contributed by atoms with van der Waals surface area (Å²) in [6.45, 7) is 0.948. The number of pyridine rings is 1. The van der Waals surface area contributed by atoms with E-state index in [2.05, 4.69) is 20.7 Å². The molecule has 6 rings (SSSR count). The zero-order chi connectivity index (χ0) is 24.8. The molecule has 2 aliphatic heterocycles. The Labute approximate surface area is 205 Å². The molecule has 0 bridgehead atoms. The molecule has 4 atom stereocenters. The summed E-state index contributed by atoms with van der Waals surface area (Å²) >= 11 is 0. The molecule has 1 amide bonds. The van der Waals surface area contributed by atoms with Crippen molar-refractivity contribution in [1.82, 2.24) is 29.5 Å². The van der Waals surface area contributed by atoms with Gasteiger partial charge in [-0.15, -0.1) is 0 Å². The van der Waals surface area contributed by atoms with Crippen LogP contribution in [0.15, 0.2) is 36.8 Å². The fraction of sp³-hybridized carbons (Fsp3) is 0.417. The van der Waals surface area contributed by atoms with Gasteiger partial charge in [-0.2, -0.15) is 9.61 Å². The summed E-state index contributed by atoms with van der Waals surface area (Å²) in [6.07, 6.45) is 3.64. The van der Waals surface area contributed by atoms with E-state index < -0.39 is 30.3 Å². The second-order valence-corrected chi connectivity index (χ2v) is 9.03. The largest absolute Gasteiger partial charge is 0.388 e. The molecule has 0 spiro atoms. The lowest BCUT2D eigenvalue weighted by Gasteiger charge is -2.27. The van der Waals surface area contributed by atoms with Crippen LogP contribution >= 0.6 is 0 Å². The van der Waals surface area contributed by atoms with Crippen LogP contribution in [0, 0.1) is 0 Å². The van der Waals surface area contributed by atoms with Crippen LogP contribution in [-0.4, -0.2) is 87.0 Å². The number of nitrogens with zero attached hydrogens (tertiary/aromatic N) is 5. The first-order valence-electron chi connectivity index (χ1n) is 11.9. The third-order valence-electron chi connectivity index (χ3n) is 6.81. The Kier molecular flexibility index (Phi) is 5.78. The SMILES string of the molecule is CNc1cc(-c2cn([C@H]3CCOC[C@H]3F)c3ncccc23)nc2c(C(=O)NC3COCC3O)cnn12. The number of hydrogen-bond acceptors (Lipinski definition) is 8. The number of aliphatic hydroxyl groups excluding tert-OH is 1. The van der Waals surface area contributed by atoms with E-state index in [0.29, 0.717) is 35.8 Å². The molecule has 2 saturated heterocycles. The number of carbonyl (C=O) groups excluding carboxylic acids is 1. The summed E-state index contributed by atoms with van der Waals surface area (Å²) in [7, 11) is 1.76. The highest BCUT2D eigenvalue weighted by Crippen LogP contribution is 2.35. The van der Waals surface area contributed by atoms with Gasteiger partial charge in [0, 0.05) is 43.1 Å². The van der Waals surface area contributed by atoms with E-state index in [1.165, 1.54) is 6.20 Å². The third-order valence-corrected chi connectivity index (χ3v) is 6.81. The molecule has 11 nitrogen and oxygen atoms in total. The van der Waals surface area contributed by atoms with E-state index in [-0.39, 0.29) is 25.4 Å². The van der Waals surface area contributed by atoms with Gasteiger partial charge in [0.25, 0.3) is 5.91 Å². The molecule has 0 aliphatic carbocycles. The van der Waals surface area contributed by atoms with Gasteiger partial charge in [0.1, 0.15) is 23.2 Å². The van der Waals surface area contributed by atoms with Crippen molar-refractivity contribution in [2.45, 2.75) is 30.8 Å². The topological polar surface area (TPSA) is 128 Å². The van der Waals surface area contributed by atoms with Crippen LogP contribution < -0.4 is 10.6 Å². The number of aliphatic hydroxyl groups is 1. The van der Waals surface area contributed by atoms with Crippen molar-refractivity contribution in [3.05, 3.63) is 42.4 Å². The van der Waals surface area contributed by atoms with Gasteiger partial charge in [-0.3, -0.25) is 4.79 Å². The van der Waals surface area contributed by atoms with E-state index in [1.54, 1.807) is 17.8 Å². The summed E-state index contributed by atoms with van der Waals surface area (Å²) in [5.74, 6) is 0.218. The highest BCUT2D eigenvalue weighted by atomic mass is 19.1. The number of fused-ring (bicyclic) bond motifs is 2. The zero-order valence-electron chi connectivity index (χ0n) is 19.6. The van der Waals surface area contributed by atoms with Crippen molar-refractivity contribution in [2.75, 3.05) is 38.8 Å². The number of hydrogen-bond donors (Lipinski definition) is 3. The molecule has 2 aliphatic rings. The lowest BCUT2D eigenvalue weighted by Crippen LogP contribution is -2.42. The van der Waals surface area contributed by atoms with Gasteiger partial charge in [-0.05, 0) is 18.6 Å². The van der Waals surface area contributed by atoms with Gasteiger partial charge < -0.3 is 29.8 Å². The summed E-state index contributed by atoms with van der Waals surface area (Å²) in [6, 6.07) is 4.69. The van der Waals surface area contributed by atoms with Gasteiger partial charge >= 0.3 is 0 Å². The maximum atomic E-state index is 14.8. The van der Waals surface area contributed by atoms with Crippen LogP contribution in [0.1, 0.15) is 22.8 Å². The standard InChI is InChI=1S/C24H26FN7O4/c1-26-21-7-17(29-23-14(8-28-32(21)23)24(34)30-18-11-36-12-20(18)33)15-9-31(19-4-6-35-10-16(19)25)22-13(15)3-2-5-27-22/h2-3,5,7-9,16,18-20,26,33H,4,6,10-12H2,1H3,(H,30,34)/t16-,18?,19+,20?/m1/s1. The maximum absolute atomic E-state index is 14.8. The predicted molar refractivity (Wildman–Crippen MR) is 129 cm³/mol. The van der Waals surface area contributed by atoms with Gasteiger partial charge in [-0.25, -0.2) is 14.4 Å². The van der Waals surface area contributed by atoms with Gasteiger partial charge in [0.2, 0.25) is 0 Å². The first-order valence-corrected chi connectivity index (χ1v) is 11.9. The molecule has 12 heteroatoms. The fourth-order valence-electron chi connectivity index (χ4n) is 4.91. The van der Waals surface area contributed by atoms with Crippen LogP contribution in [0.3, 0.4) is 0 Å². The monoisotopic (exact) mass is 495 g/mol. The molecule has 6 heterocycles. The van der Waals surface area contributed by atoms with Crippen molar-refractivity contribution in [1.29, 1.82) is 0 Å². The second-order valence-electron chi connectivity index (χ2n) is 9.03. The molecular formula is C24H26FN7O4. The zero-order valence-corrected chi connectivity index (χ0v) is 19.6. The molecule has 4 aromatic rings. The van der Waals surface area contributed by atoms with Crippen LogP contribution in [0.2, 0.25) is 0 Å². The second kappa shape index (κ2) is 9.12. The number of carbonyl (C=O) groups is 1. The van der Waals surface area contributed by atoms with E-state index in [4.69, 9.17) is 14.5 Å². The Hall–Kier alpha value is -3.61. The number of alkyl halides is 1. The normalized spacial score (nSPS) is 24.4. The lowest BCUT2D eigenvalue weighted by atomic mass is 10.1. The highest BCUT2D eigenvalue weighted by molar-refractivity contribution is 6.01. The Morgan fingerprint density at radius 2 is 2.14 bits per heavy atom. The minimum atomic E-state index is -1.15. The number of halogens is 1. The summed E-state index contributed by atoms with van der Waals surface area (Å²) < 4.78 is 28.8. The first kappa shape index (κ1) is 22.8. The first-order chi connectivity index (χ1) is 17.5. The molecule has 3 N–H and O–H groups in total.